The van der Waals surface area contributed by atoms with Crippen molar-refractivity contribution in [3.05, 3.63) is 54.0 Å². The van der Waals surface area contributed by atoms with Crippen molar-refractivity contribution in [2.24, 2.45) is 0 Å². The highest BCUT2D eigenvalue weighted by Crippen LogP contribution is 2.17. The van der Waals surface area contributed by atoms with Crippen molar-refractivity contribution >= 4 is 11.7 Å². The molecule has 1 aromatic carbocycles. The topological polar surface area (TPSA) is 66.9 Å². The first-order chi connectivity index (χ1) is 10.2. The zero-order chi connectivity index (χ0) is 15.1. The number of nitrogens with zero attached hydrogens (tertiary/aromatic N) is 2. The second kappa shape index (κ2) is 7.38. The van der Waals surface area contributed by atoms with Gasteiger partial charge >= 0.3 is 0 Å². The lowest BCUT2D eigenvalue weighted by Crippen LogP contribution is -2.26. The van der Waals surface area contributed by atoms with Gasteiger partial charge in [0.15, 0.2) is 0 Å². The van der Waals surface area contributed by atoms with Crippen LogP contribution in [0.3, 0.4) is 0 Å². The highest BCUT2D eigenvalue weighted by atomic mass is 16.1. The van der Waals surface area contributed by atoms with E-state index in [2.05, 4.69) is 39.7 Å². The van der Waals surface area contributed by atoms with E-state index in [9.17, 15) is 4.79 Å². The molecule has 1 aromatic heterocycles. The highest BCUT2D eigenvalue weighted by Gasteiger charge is 2.09. The van der Waals surface area contributed by atoms with Gasteiger partial charge in [0.05, 0.1) is 12.4 Å². The molecule has 1 unspecified atom stereocenters. The van der Waals surface area contributed by atoms with Crippen LogP contribution in [0, 0.1) is 0 Å². The lowest BCUT2D eigenvalue weighted by atomic mass is 9.98. The summed E-state index contributed by atoms with van der Waals surface area (Å²) in [7, 11) is 1.74. The van der Waals surface area contributed by atoms with Crippen LogP contribution in [0.5, 0.6) is 0 Å². The number of anilines is 1. The van der Waals surface area contributed by atoms with E-state index >= 15 is 0 Å². The number of rotatable bonds is 6. The van der Waals surface area contributed by atoms with Crippen molar-refractivity contribution < 1.29 is 4.79 Å². The summed E-state index contributed by atoms with van der Waals surface area (Å²) in [6, 6.07) is 10.3. The van der Waals surface area contributed by atoms with Gasteiger partial charge < -0.3 is 10.6 Å². The van der Waals surface area contributed by atoms with Gasteiger partial charge in [-0.15, -0.1) is 0 Å². The van der Waals surface area contributed by atoms with Crippen molar-refractivity contribution in [2.75, 3.05) is 18.9 Å². The van der Waals surface area contributed by atoms with Crippen LogP contribution in [0.25, 0.3) is 0 Å². The Labute approximate surface area is 124 Å². The molecule has 110 valence electrons. The second-order valence-corrected chi connectivity index (χ2v) is 4.90. The maximum absolute atomic E-state index is 12.0. The van der Waals surface area contributed by atoms with Crippen LogP contribution in [0.15, 0.2) is 42.7 Å². The van der Waals surface area contributed by atoms with Crippen LogP contribution >= 0.6 is 0 Å². The minimum atomic E-state index is -0.195. The summed E-state index contributed by atoms with van der Waals surface area (Å²) in [5.41, 5.74) is 1.61. The molecule has 0 aliphatic carbocycles. The monoisotopic (exact) mass is 284 g/mol. The van der Waals surface area contributed by atoms with Crippen molar-refractivity contribution in [1.29, 1.82) is 0 Å². The molecule has 1 atom stereocenters. The molecule has 5 nitrogen and oxygen atoms in total. The summed E-state index contributed by atoms with van der Waals surface area (Å²) in [5.74, 6) is 0.793. The van der Waals surface area contributed by atoms with Gasteiger partial charge in [-0.25, -0.2) is 4.98 Å². The summed E-state index contributed by atoms with van der Waals surface area (Å²) in [6.45, 7) is 2.77. The smallest absolute Gasteiger partial charge is 0.271 e. The summed E-state index contributed by atoms with van der Waals surface area (Å²) in [4.78, 5) is 20.1. The maximum Gasteiger partial charge on any atom is 0.271 e. The molecule has 0 radical (unpaired) electrons. The quantitative estimate of drug-likeness (QED) is 0.855. The summed E-state index contributed by atoms with van der Waals surface area (Å²) >= 11 is 0. The van der Waals surface area contributed by atoms with Crippen molar-refractivity contribution in [3.63, 3.8) is 0 Å². The molecule has 2 aromatic rings. The third kappa shape index (κ3) is 4.27. The second-order valence-electron chi connectivity index (χ2n) is 4.90. The molecule has 1 amide bonds. The molecule has 0 saturated heterocycles. The van der Waals surface area contributed by atoms with Crippen molar-refractivity contribution in [1.82, 2.24) is 15.3 Å². The fraction of sp³-hybridized carbons (Fsp3) is 0.312. The lowest BCUT2D eigenvalue weighted by Gasteiger charge is -2.12. The molecule has 2 rings (SSSR count). The average Bonchev–Trinajstić information content (AvgIpc) is 2.55. The third-order valence-corrected chi connectivity index (χ3v) is 3.35. The molecule has 0 fully saturated rings. The molecule has 1 heterocycles. The zero-order valence-electron chi connectivity index (χ0n) is 12.3. The molecule has 0 aliphatic rings. The third-order valence-electron chi connectivity index (χ3n) is 3.35. The van der Waals surface area contributed by atoms with Gasteiger partial charge in [-0.05, 0) is 17.9 Å². The van der Waals surface area contributed by atoms with Crippen molar-refractivity contribution in [3.8, 4) is 0 Å². The molecule has 5 heteroatoms. The molecular formula is C16H20N4O. The van der Waals surface area contributed by atoms with Crippen molar-refractivity contribution in [2.45, 2.75) is 19.3 Å². The number of carbonyl (C=O) groups excluding carboxylic acids is 1. The van der Waals surface area contributed by atoms with Crippen LogP contribution in [0.1, 0.15) is 35.3 Å². The lowest BCUT2D eigenvalue weighted by molar-refractivity contribution is 0.0947. The predicted octanol–water partition coefficient (Wildman–Crippen LogP) is 2.44. The minimum Gasteiger partial charge on any atom is -0.372 e. The molecule has 0 spiro atoms. The van der Waals surface area contributed by atoms with Crippen LogP contribution in [-0.2, 0) is 0 Å². The van der Waals surface area contributed by atoms with E-state index in [1.54, 1.807) is 13.2 Å². The number of benzene rings is 1. The van der Waals surface area contributed by atoms with E-state index in [4.69, 9.17) is 0 Å². The Morgan fingerprint density at radius 1 is 1.24 bits per heavy atom. The number of hydrogen-bond donors (Lipinski definition) is 2. The van der Waals surface area contributed by atoms with Crippen LogP contribution in [0.2, 0.25) is 0 Å². The first-order valence-electron chi connectivity index (χ1n) is 7.03. The van der Waals surface area contributed by atoms with Gasteiger partial charge in [-0.1, -0.05) is 37.3 Å². The van der Waals surface area contributed by atoms with E-state index in [0.717, 1.165) is 6.42 Å². The highest BCUT2D eigenvalue weighted by molar-refractivity contribution is 5.92. The van der Waals surface area contributed by atoms with Gasteiger partial charge in [0.1, 0.15) is 11.5 Å². The van der Waals surface area contributed by atoms with Crippen LogP contribution in [0.4, 0.5) is 5.82 Å². The number of aromatic nitrogens is 2. The normalized spacial score (nSPS) is 11.7. The molecule has 0 saturated carbocycles. The zero-order valence-corrected chi connectivity index (χ0v) is 12.3. The first kappa shape index (κ1) is 15.0. The summed E-state index contributed by atoms with van der Waals surface area (Å²) in [6.07, 6.45) is 3.93. The molecule has 2 N–H and O–H groups in total. The first-order valence-corrected chi connectivity index (χ1v) is 7.03. The largest absolute Gasteiger partial charge is 0.372 e. The maximum atomic E-state index is 12.0. The van der Waals surface area contributed by atoms with Gasteiger partial charge in [0.25, 0.3) is 5.91 Å². The summed E-state index contributed by atoms with van der Waals surface area (Å²) < 4.78 is 0. The number of hydrogen-bond acceptors (Lipinski definition) is 4. The Morgan fingerprint density at radius 2 is 2.00 bits per heavy atom. The molecule has 0 aliphatic heterocycles. The van der Waals surface area contributed by atoms with E-state index in [1.807, 2.05) is 18.2 Å². The summed E-state index contributed by atoms with van der Waals surface area (Å²) in [5, 5.41) is 5.75. The van der Waals surface area contributed by atoms with Gasteiger partial charge in [-0.3, -0.25) is 9.78 Å². The number of nitrogens with one attached hydrogen (secondary N) is 2. The molecule has 21 heavy (non-hydrogen) atoms. The Morgan fingerprint density at radius 3 is 2.71 bits per heavy atom. The Balaban J connectivity index is 1.84. The van der Waals surface area contributed by atoms with E-state index in [1.165, 1.54) is 11.8 Å². The fourth-order valence-electron chi connectivity index (χ4n) is 2.04. The molecule has 0 bridgehead atoms. The SMILES string of the molecule is CNc1cncc(C(=O)NCCC(C)c2ccccc2)n1. The minimum absolute atomic E-state index is 0.195. The predicted molar refractivity (Wildman–Crippen MR) is 83.4 cm³/mol. The van der Waals surface area contributed by atoms with Crippen LogP contribution < -0.4 is 10.6 Å². The Kier molecular flexibility index (Phi) is 5.26. The van der Waals surface area contributed by atoms with Gasteiger partial charge in [0.2, 0.25) is 0 Å². The standard InChI is InChI=1S/C16H20N4O/c1-12(13-6-4-3-5-7-13)8-9-19-16(21)14-10-18-11-15(17-2)20-14/h3-7,10-12H,8-9H2,1-2H3,(H,17,20)(H,19,21). The van der Waals surface area contributed by atoms with Gasteiger partial charge in [0, 0.05) is 13.6 Å². The molecular weight excluding hydrogens is 264 g/mol. The number of carbonyl (C=O) groups is 1. The Hall–Kier alpha value is -2.43. The van der Waals surface area contributed by atoms with Crippen LogP contribution in [-0.4, -0.2) is 29.5 Å². The van der Waals surface area contributed by atoms with Gasteiger partial charge in [-0.2, -0.15) is 0 Å². The fourth-order valence-corrected chi connectivity index (χ4v) is 2.04. The number of amides is 1. The van der Waals surface area contributed by atoms with E-state index in [-0.39, 0.29) is 5.91 Å². The average molecular weight is 284 g/mol. The van der Waals surface area contributed by atoms with E-state index in [0.29, 0.717) is 24.0 Å². The Bertz CT molecular complexity index is 586. The van der Waals surface area contributed by atoms with E-state index < -0.39 is 0 Å².